The molecule has 0 N–H and O–H groups in total. The minimum absolute atomic E-state index is 0.0210. The third kappa shape index (κ3) is 4.73. The van der Waals surface area contributed by atoms with Gasteiger partial charge in [-0.1, -0.05) is 48.0 Å². The number of fused-ring (bicyclic) bond motifs is 1. The van der Waals surface area contributed by atoms with Gasteiger partial charge < -0.3 is 9.80 Å². The lowest BCUT2D eigenvalue weighted by molar-refractivity contribution is -0.130. The van der Waals surface area contributed by atoms with Gasteiger partial charge in [-0.15, -0.1) is 11.6 Å². The molecule has 2 aromatic carbocycles. The molecular weight excluding hydrogens is 460 g/mol. The van der Waals surface area contributed by atoms with E-state index >= 15 is 0 Å². The first-order valence-electron chi connectivity index (χ1n) is 12.0. The van der Waals surface area contributed by atoms with E-state index in [1.54, 1.807) is 6.92 Å². The molecule has 180 valence electrons. The Morgan fingerprint density at radius 3 is 2.31 bits per heavy atom. The highest BCUT2D eigenvalue weighted by atomic mass is 35.5. The molecular formula is C27H29ClN6O. The van der Waals surface area contributed by atoms with Gasteiger partial charge in [0.2, 0.25) is 5.91 Å². The average Bonchev–Trinajstić information content (AvgIpc) is 3.21. The number of halogens is 1. The van der Waals surface area contributed by atoms with E-state index in [0.29, 0.717) is 32.6 Å². The molecule has 0 bridgehead atoms. The van der Waals surface area contributed by atoms with Crippen molar-refractivity contribution >= 4 is 34.4 Å². The van der Waals surface area contributed by atoms with E-state index in [2.05, 4.69) is 36.1 Å². The lowest BCUT2D eigenvalue weighted by Gasteiger charge is -2.36. The number of hydrogen-bond donors (Lipinski definition) is 0. The van der Waals surface area contributed by atoms with E-state index in [1.807, 2.05) is 46.8 Å². The number of piperazine rings is 1. The molecule has 1 aliphatic heterocycles. The van der Waals surface area contributed by atoms with Crippen molar-refractivity contribution in [2.24, 2.45) is 0 Å². The van der Waals surface area contributed by atoms with Crippen LogP contribution in [0.3, 0.4) is 0 Å². The summed E-state index contributed by atoms with van der Waals surface area (Å²) in [6.07, 6.45) is 0.629. The Hall–Kier alpha value is -3.45. The first-order chi connectivity index (χ1) is 16.9. The van der Waals surface area contributed by atoms with Crippen molar-refractivity contribution in [2.75, 3.05) is 31.1 Å². The molecule has 0 aliphatic carbocycles. The van der Waals surface area contributed by atoms with Crippen molar-refractivity contribution in [3.63, 3.8) is 0 Å². The van der Waals surface area contributed by atoms with Crippen LogP contribution in [0.25, 0.3) is 16.7 Å². The minimum atomic E-state index is -0.514. The second-order valence-corrected chi connectivity index (χ2v) is 9.74. The molecule has 2 aromatic heterocycles. The zero-order chi connectivity index (χ0) is 24.5. The van der Waals surface area contributed by atoms with E-state index in [0.717, 1.165) is 39.6 Å². The number of anilines is 1. The third-order valence-electron chi connectivity index (χ3n) is 6.44. The molecule has 0 radical (unpaired) electrons. The van der Waals surface area contributed by atoms with Gasteiger partial charge >= 0.3 is 0 Å². The van der Waals surface area contributed by atoms with Crippen molar-refractivity contribution < 1.29 is 4.79 Å². The van der Waals surface area contributed by atoms with Gasteiger partial charge in [0.25, 0.3) is 0 Å². The number of rotatable bonds is 5. The van der Waals surface area contributed by atoms with Crippen LogP contribution in [0.1, 0.15) is 29.6 Å². The Morgan fingerprint density at radius 2 is 1.66 bits per heavy atom. The molecule has 5 rings (SSSR count). The Bertz CT molecular complexity index is 1340. The van der Waals surface area contributed by atoms with Crippen LogP contribution in [0.15, 0.2) is 54.6 Å². The van der Waals surface area contributed by atoms with Crippen LogP contribution >= 0.6 is 11.6 Å². The third-order valence-corrected chi connectivity index (χ3v) is 6.63. The van der Waals surface area contributed by atoms with Gasteiger partial charge in [-0.2, -0.15) is 5.10 Å². The zero-order valence-corrected chi connectivity index (χ0v) is 21.0. The zero-order valence-electron chi connectivity index (χ0n) is 20.3. The molecule has 1 saturated heterocycles. The van der Waals surface area contributed by atoms with Crippen molar-refractivity contribution in [3.05, 3.63) is 77.2 Å². The number of aromatic nitrogens is 4. The highest BCUT2D eigenvalue weighted by Crippen LogP contribution is 2.30. The summed E-state index contributed by atoms with van der Waals surface area (Å²) in [6.45, 7) is 8.40. The van der Waals surface area contributed by atoms with Crippen molar-refractivity contribution in [1.29, 1.82) is 0 Å². The van der Waals surface area contributed by atoms with Crippen molar-refractivity contribution in [2.45, 2.75) is 32.6 Å². The van der Waals surface area contributed by atoms with Gasteiger partial charge in [0.15, 0.2) is 5.65 Å². The number of carbonyl (C=O) groups is 1. The Balaban J connectivity index is 1.57. The van der Waals surface area contributed by atoms with Crippen LogP contribution in [0.5, 0.6) is 0 Å². The maximum atomic E-state index is 12.4. The second-order valence-electron chi connectivity index (χ2n) is 9.09. The highest BCUT2D eigenvalue weighted by molar-refractivity contribution is 6.30. The number of carbonyl (C=O) groups excluding carboxylic acids is 1. The largest absolute Gasteiger partial charge is 0.352 e. The number of amides is 1. The first-order valence-corrected chi connectivity index (χ1v) is 12.4. The molecule has 8 heteroatoms. The quantitative estimate of drug-likeness (QED) is 0.392. The van der Waals surface area contributed by atoms with E-state index in [-0.39, 0.29) is 5.91 Å². The summed E-state index contributed by atoms with van der Waals surface area (Å²) >= 11 is 6.05. The molecule has 7 nitrogen and oxygen atoms in total. The van der Waals surface area contributed by atoms with Crippen LogP contribution in [0.4, 0.5) is 5.82 Å². The molecule has 0 saturated carbocycles. The van der Waals surface area contributed by atoms with Gasteiger partial charge in [-0.25, -0.2) is 14.6 Å². The van der Waals surface area contributed by atoms with Gasteiger partial charge in [0.05, 0.1) is 16.8 Å². The van der Waals surface area contributed by atoms with E-state index in [1.165, 1.54) is 5.56 Å². The number of benzene rings is 2. The molecule has 0 spiro atoms. The smallest absolute Gasteiger partial charge is 0.240 e. The molecule has 4 aromatic rings. The number of hydrogen-bond acceptors (Lipinski definition) is 5. The number of aryl methyl sites for hydroxylation is 2. The summed E-state index contributed by atoms with van der Waals surface area (Å²) in [5.74, 6) is 1.61. The Morgan fingerprint density at radius 1 is 0.971 bits per heavy atom. The molecule has 1 fully saturated rings. The van der Waals surface area contributed by atoms with Crippen LogP contribution in [0.2, 0.25) is 0 Å². The number of alkyl halides is 1. The normalized spacial score (nSPS) is 15.0. The maximum absolute atomic E-state index is 12.4. The summed E-state index contributed by atoms with van der Waals surface area (Å²) in [6, 6.07) is 18.5. The van der Waals surface area contributed by atoms with Gasteiger partial charge in [0.1, 0.15) is 17.0 Å². The first kappa shape index (κ1) is 23.3. The topological polar surface area (TPSA) is 67.2 Å². The van der Waals surface area contributed by atoms with Crippen LogP contribution in [-0.4, -0.2) is 62.1 Å². The molecule has 35 heavy (non-hydrogen) atoms. The summed E-state index contributed by atoms with van der Waals surface area (Å²) in [5, 5.41) is 5.28. The summed E-state index contributed by atoms with van der Waals surface area (Å²) in [4.78, 5) is 26.5. The minimum Gasteiger partial charge on any atom is -0.352 e. The van der Waals surface area contributed by atoms with Crippen molar-refractivity contribution in [1.82, 2.24) is 24.6 Å². The number of nitrogens with zero attached hydrogens (tertiary/aromatic N) is 6. The van der Waals surface area contributed by atoms with E-state index in [4.69, 9.17) is 26.7 Å². The molecule has 3 heterocycles. The van der Waals surface area contributed by atoms with Crippen LogP contribution < -0.4 is 4.90 Å². The van der Waals surface area contributed by atoms with E-state index < -0.39 is 5.38 Å². The molecule has 1 amide bonds. The lowest BCUT2D eigenvalue weighted by atomic mass is 10.1. The fourth-order valence-electron chi connectivity index (χ4n) is 4.54. The summed E-state index contributed by atoms with van der Waals surface area (Å²) in [7, 11) is 0. The molecule has 1 aliphatic rings. The lowest BCUT2D eigenvalue weighted by Crippen LogP contribution is -2.50. The van der Waals surface area contributed by atoms with Crippen molar-refractivity contribution in [3.8, 4) is 5.69 Å². The monoisotopic (exact) mass is 488 g/mol. The van der Waals surface area contributed by atoms with Gasteiger partial charge in [-0.3, -0.25) is 4.79 Å². The molecule has 0 unspecified atom stereocenters. The summed E-state index contributed by atoms with van der Waals surface area (Å²) < 4.78 is 1.91. The van der Waals surface area contributed by atoms with Crippen LogP contribution in [-0.2, 0) is 11.2 Å². The van der Waals surface area contributed by atoms with E-state index in [9.17, 15) is 4.79 Å². The molecule has 1 atom stereocenters. The maximum Gasteiger partial charge on any atom is 0.240 e. The average molecular weight is 489 g/mol. The second kappa shape index (κ2) is 9.66. The fourth-order valence-corrected chi connectivity index (χ4v) is 4.68. The predicted octanol–water partition coefficient (Wildman–Crippen LogP) is 4.30. The fraction of sp³-hybridized carbons (Fsp3) is 0.333. The Kier molecular flexibility index (Phi) is 6.43. The Labute approximate surface area is 210 Å². The standard InChI is InChI=1S/C27H29ClN6O/c1-18-9-11-21(12-10-18)17-23-29-25(32-13-15-33(16-14-32)27(35)19(2)28)24-20(3)31-34(26(24)30-23)22-7-5-4-6-8-22/h4-12,19H,13-17H2,1-3H3/t19-/m1/s1. The number of para-hydroxylation sites is 1. The SMILES string of the molecule is Cc1ccc(Cc2nc(N3CCN(C(=O)[C@@H](C)Cl)CC3)c3c(C)nn(-c4ccccc4)c3n2)cc1. The van der Waals surface area contributed by atoms with Gasteiger partial charge in [-0.05, 0) is 38.5 Å². The summed E-state index contributed by atoms with van der Waals surface area (Å²) in [5.41, 5.74) is 5.03. The predicted molar refractivity (Wildman–Crippen MR) is 139 cm³/mol. The highest BCUT2D eigenvalue weighted by Gasteiger charge is 2.27. The van der Waals surface area contributed by atoms with Crippen LogP contribution in [0, 0.1) is 13.8 Å². The van der Waals surface area contributed by atoms with Gasteiger partial charge in [0, 0.05) is 32.6 Å².